The van der Waals surface area contributed by atoms with E-state index < -0.39 is 76.1 Å². The number of aryl methyl sites for hydroxylation is 1. The second kappa shape index (κ2) is 21.1. The molecule has 0 aliphatic carbocycles. The summed E-state index contributed by atoms with van der Waals surface area (Å²) in [7, 11) is 0. The minimum Gasteiger partial charge on any atom is -0.493 e. The lowest BCUT2D eigenvalue weighted by Crippen LogP contribution is -2.58. The van der Waals surface area contributed by atoms with Gasteiger partial charge in [-0.05, 0) is 106 Å². The molecule has 7 rings (SSSR count). The number of hydrogen-bond donors (Lipinski definition) is 3. The highest BCUT2D eigenvalue weighted by molar-refractivity contribution is 7.81. The summed E-state index contributed by atoms with van der Waals surface area (Å²) in [5, 5.41) is 25.7. The number of nitrogens with one attached hydrogen (secondary N) is 2. The highest BCUT2D eigenvalue weighted by atomic mass is 32.1. The summed E-state index contributed by atoms with van der Waals surface area (Å²) in [6.45, 7) is 12.8. The zero-order valence-electron chi connectivity index (χ0n) is 40.5. The van der Waals surface area contributed by atoms with Gasteiger partial charge in [-0.3, -0.25) is 24.1 Å². The normalized spacial score (nSPS) is 21.2. The van der Waals surface area contributed by atoms with E-state index >= 15 is 0 Å². The van der Waals surface area contributed by atoms with E-state index in [0.717, 1.165) is 40.3 Å². The largest absolute Gasteiger partial charge is 0.493 e. The molecular weight excluding hydrogens is 944 g/mol. The number of halogens is 3. The number of anilines is 2. The van der Waals surface area contributed by atoms with E-state index in [2.05, 4.69) is 15.6 Å². The van der Waals surface area contributed by atoms with Crippen molar-refractivity contribution in [1.82, 2.24) is 20.5 Å². The predicted molar refractivity (Wildman–Crippen MR) is 259 cm³/mol. The SMILES string of the molecule is Cc1ncoc1-c1ccc([C@H](C)NC(=O)[C@@H]2C[C@@H](O)CN2C(=O)[C@@H](NC(=O)COC[C@@H]2CC[C@H](COc3ccc(N4C(=S)N(c5ccc(C#N)c(C(F)(F)F)c5)C(=O)C4(C)C)cc3)CO2)C(C)(C)C)cc1. The molecule has 3 fully saturated rings. The van der Waals surface area contributed by atoms with Crippen molar-refractivity contribution in [3.05, 3.63) is 95.5 Å². The summed E-state index contributed by atoms with van der Waals surface area (Å²) in [5.74, 6) is -0.708. The van der Waals surface area contributed by atoms with Crippen LogP contribution in [-0.2, 0) is 34.8 Å². The Hall–Kier alpha value is -6.40. The number of amides is 4. The Morgan fingerprint density at radius 3 is 2.31 bits per heavy atom. The van der Waals surface area contributed by atoms with E-state index in [-0.39, 0.29) is 49.0 Å². The van der Waals surface area contributed by atoms with Crippen molar-refractivity contribution in [2.45, 2.75) is 110 Å². The Labute approximate surface area is 415 Å². The Kier molecular flexibility index (Phi) is 15.6. The topological polar surface area (TPSA) is 200 Å². The van der Waals surface area contributed by atoms with Crippen LogP contribution in [0, 0.1) is 29.6 Å². The van der Waals surface area contributed by atoms with Gasteiger partial charge in [-0.25, -0.2) is 4.98 Å². The fourth-order valence-electron chi connectivity index (χ4n) is 8.99. The number of likely N-dealkylation sites (tertiary alicyclic amines) is 1. The number of benzene rings is 3. The molecule has 0 unspecified atom stereocenters. The van der Waals surface area contributed by atoms with Crippen LogP contribution in [-0.4, -0.2) is 107 Å². The molecular formula is C51H58F3N7O9S. The van der Waals surface area contributed by atoms with E-state index in [9.17, 15) is 42.7 Å². The van der Waals surface area contributed by atoms with E-state index in [1.54, 1.807) is 69.9 Å². The first-order valence-electron chi connectivity index (χ1n) is 23.3. The quantitative estimate of drug-likeness (QED) is 0.103. The molecule has 3 aliphatic heterocycles. The molecule has 0 radical (unpaired) electrons. The third-order valence-electron chi connectivity index (χ3n) is 13.0. The molecule has 0 spiro atoms. The first-order valence-corrected chi connectivity index (χ1v) is 23.7. The van der Waals surface area contributed by atoms with Crippen molar-refractivity contribution in [2.24, 2.45) is 11.3 Å². The number of hydrogen-bond acceptors (Lipinski definition) is 12. The maximum Gasteiger partial charge on any atom is 0.417 e. The number of aliphatic hydroxyl groups is 1. The van der Waals surface area contributed by atoms with Gasteiger partial charge in [0.05, 0.1) is 66.6 Å². The third kappa shape index (κ3) is 11.7. The monoisotopic (exact) mass is 1000 g/mol. The number of β-amino-alcohol motifs (C(OH)–C–C–N with tert-alkyl or cyclic N) is 1. The van der Waals surface area contributed by atoms with Gasteiger partial charge in [-0.1, -0.05) is 45.0 Å². The molecule has 16 nitrogen and oxygen atoms in total. The minimum absolute atomic E-state index is 0.0189. The van der Waals surface area contributed by atoms with Crippen LogP contribution in [0.4, 0.5) is 24.5 Å². The summed E-state index contributed by atoms with van der Waals surface area (Å²) >= 11 is 5.65. The zero-order chi connectivity index (χ0) is 51.6. The van der Waals surface area contributed by atoms with Crippen molar-refractivity contribution in [3.8, 4) is 23.1 Å². The first kappa shape index (κ1) is 52.4. The zero-order valence-corrected chi connectivity index (χ0v) is 41.4. The van der Waals surface area contributed by atoms with Gasteiger partial charge in [0, 0.05) is 30.1 Å². The predicted octanol–water partition coefficient (Wildman–Crippen LogP) is 7.02. The lowest BCUT2D eigenvalue weighted by atomic mass is 9.85. The van der Waals surface area contributed by atoms with Crippen LogP contribution in [0.2, 0.25) is 0 Å². The number of carbonyl (C=O) groups is 4. The van der Waals surface area contributed by atoms with Gasteiger partial charge >= 0.3 is 6.18 Å². The molecule has 0 saturated carbocycles. The number of thiocarbonyl (C=S) groups is 1. The molecule has 3 N–H and O–H groups in total. The van der Waals surface area contributed by atoms with Crippen molar-refractivity contribution in [1.29, 1.82) is 5.26 Å². The smallest absolute Gasteiger partial charge is 0.417 e. The van der Waals surface area contributed by atoms with Crippen LogP contribution >= 0.6 is 12.2 Å². The second-order valence-corrected chi connectivity index (χ2v) is 20.1. The second-order valence-electron chi connectivity index (χ2n) is 19.8. The van der Waals surface area contributed by atoms with Crippen LogP contribution in [0.15, 0.2) is 77.5 Å². The number of rotatable bonds is 15. The lowest BCUT2D eigenvalue weighted by molar-refractivity contribution is -0.145. The highest BCUT2D eigenvalue weighted by Gasteiger charge is 2.51. The van der Waals surface area contributed by atoms with Gasteiger partial charge in [-0.2, -0.15) is 18.4 Å². The number of aromatic nitrogens is 1. The van der Waals surface area contributed by atoms with Crippen molar-refractivity contribution < 1.29 is 56.1 Å². The van der Waals surface area contributed by atoms with Crippen LogP contribution in [0.3, 0.4) is 0 Å². The van der Waals surface area contributed by atoms with E-state index in [1.165, 1.54) is 17.4 Å². The minimum atomic E-state index is -4.81. The Balaban J connectivity index is 0.853. The van der Waals surface area contributed by atoms with Gasteiger partial charge < -0.3 is 44.2 Å². The molecule has 3 aromatic carbocycles. The van der Waals surface area contributed by atoms with Crippen molar-refractivity contribution >= 4 is 52.3 Å². The lowest BCUT2D eigenvalue weighted by Gasteiger charge is -2.35. The van der Waals surface area contributed by atoms with Gasteiger partial charge in [-0.15, -0.1) is 0 Å². The summed E-state index contributed by atoms with van der Waals surface area (Å²) < 4.78 is 64.6. The van der Waals surface area contributed by atoms with E-state index in [0.29, 0.717) is 36.8 Å². The van der Waals surface area contributed by atoms with Gasteiger partial charge in [0.25, 0.3) is 5.91 Å². The fourth-order valence-corrected chi connectivity index (χ4v) is 9.51. The summed E-state index contributed by atoms with van der Waals surface area (Å²) in [4.78, 5) is 62.7. The number of alkyl halides is 3. The average molecular weight is 1000 g/mol. The molecule has 378 valence electrons. The van der Waals surface area contributed by atoms with E-state index in [1.807, 2.05) is 38.1 Å². The standard InChI is InChI=1S/C51H58F3N7O9S/c1-29(32-9-11-33(12-10-32)43-30(2)56-28-70-43)57-45(64)41-21-37(62)23-59(41)46(65)44(49(3,4)5)58-42(63)27-67-26-39-17-8-31(25-69-39)24-68-38-18-15-35(16-19-38)61-48(71)60(47(66)50(61,6)7)36-14-13-34(22-55)40(20-36)51(52,53)54/h9-16,18-20,28-29,31,37,39,41,44,62H,8,17,21,23-27H2,1-7H3,(H,57,64)(H,58,63)/t29-,31+,37+,39-,41-,44+/m0/s1. The van der Waals surface area contributed by atoms with E-state index in [4.69, 9.17) is 30.8 Å². The van der Waals surface area contributed by atoms with Gasteiger partial charge in [0.15, 0.2) is 17.3 Å². The number of ether oxygens (including phenoxy) is 3. The van der Waals surface area contributed by atoms with Crippen LogP contribution in [0.5, 0.6) is 5.75 Å². The molecule has 1 aromatic heterocycles. The third-order valence-corrected chi connectivity index (χ3v) is 13.4. The number of nitriles is 1. The summed E-state index contributed by atoms with van der Waals surface area (Å²) in [6.07, 6.45) is -3.19. The fraction of sp³-hybridized carbons (Fsp3) is 0.471. The number of oxazole rings is 1. The molecule has 4 amide bonds. The van der Waals surface area contributed by atoms with Crippen LogP contribution < -0.4 is 25.2 Å². The molecule has 3 aliphatic rings. The number of carbonyl (C=O) groups excluding carboxylic acids is 4. The van der Waals surface area contributed by atoms with Gasteiger partial charge in [0.1, 0.15) is 30.0 Å². The highest BCUT2D eigenvalue weighted by Crippen LogP contribution is 2.40. The Bertz CT molecular complexity index is 2660. The summed E-state index contributed by atoms with van der Waals surface area (Å²) in [5.41, 5.74) is -0.871. The van der Waals surface area contributed by atoms with Crippen LogP contribution in [0.1, 0.15) is 89.2 Å². The average Bonchev–Trinajstić information content (AvgIpc) is 3.99. The number of aliphatic hydroxyl groups excluding tert-OH is 1. The van der Waals surface area contributed by atoms with Crippen molar-refractivity contribution in [2.75, 3.05) is 42.8 Å². The Morgan fingerprint density at radius 2 is 1.70 bits per heavy atom. The molecule has 20 heteroatoms. The molecule has 0 bridgehead atoms. The molecule has 4 aromatic rings. The maximum atomic E-state index is 14.1. The molecule has 4 heterocycles. The molecule has 3 saturated heterocycles. The number of nitrogens with zero attached hydrogens (tertiary/aromatic N) is 5. The maximum absolute atomic E-state index is 14.1. The Morgan fingerprint density at radius 1 is 1.01 bits per heavy atom. The van der Waals surface area contributed by atoms with Crippen molar-refractivity contribution in [3.63, 3.8) is 0 Å². The van der Waals surface area contributed by atoms with Crippen LogP contribution in [0.25, 0.3) is 11.3 Å². The molecule has 71 heavy (non-hydrogen) atoms. The molecule has 6 atom stereocenters. The summed E-state index contributed by atoms with van der Waals surface area (Å²) in [6, 6.07) is 16.6. The van der Waals surface area contributed by atoms with Gasteiger partial charge in [0.2, 0.25) is 17.7 Å². The first-order chi connectivity index (χ1) is 33.5.